The number of aryl methyl sites for hydroxylation is 2. The van der Waals surface area contributed by atoms with Crippen LogP contribution in [0.3, 0.4) is 0 Å². The van der Waals surface area contributed by atoms with Crippen LogP contribution in [0.25, 0.3) is 0 Å². The van der Waals surface area contributed by atoms with E-state index in [9.17, 15) is 5.26 Å². The molecule has 4 nitrogen and oxygen atoms in total. The quantitative estimate of drug-likeness (QED) is 0.922. The molecule has 0 saturated heterocycles. The monoisotopic (exact) mass is 262 g/mol. The number of pyridine rings is 1. The van der Waals surface area contributed by atoms with Crippen LogP contribution in [0.15, 0.2) is 30.3 Å². The van der Waals surface area contributed by atoms with Gasteiger partial charge in [0, 0.05) is 12.2 Å². The third-order valence-corrected chi connectivity index (χ3v) is 3.00. The third kappa shape index (κ3) is 2.93. The highest BCUT2D eigenvalue weighted by atomic mass is 15.0. The molecule has 0 radical (unpaired) electrons. The minimum Gasteiger partial charge on any atom is -0.365 e. The average molecular weight is 262 g/mol. The van der Waals surface area contributed by atoms with Crippen molar-refractivity contribution in [2.75, 3.05) is 5.32 Å². The molecule has 0 saturated carbocycles. The third-order valence-electron chi connectivity index (χ3n) is 3.00. The van der Waals surface area contributed by atoms with E-state index in [-0.39, 0.29) is 0 Å². The Hall–Kier alpha value is -2.85. The number of nitrogens with zero attached hydrogens (tertiary/aromatic N) is 3. The standard InChI is InChI=1S/C16H14N4/c1-11-7-12(2)20-16(15(11)9-18)19-10-14-5-3-13(8-17)4-6-14/h3-7H,10H2,1-2H3,(H,19,20). The van der Waals surface area contributed by atoms with E-state index >= 15 is 0 Å². The maximum atomic E-state index is 9.19. The zero-order valence-corrected chi connectivity index (χ0v) is 11.4. The summed E-state index contributed by atoms with van der Waals surface area (Å²) in [4.78, 5) is 4.37. The highest BCUT2D eigenvalue weighted by molar-refractivity contribution is 5.56. The lowest BCUT2D eigenvalue weighted by atomic mass is 10.1. The van der Waals surface area contributed by atoms with Gasteiger partial charge >= 0.3 is 0 Å². The van der Waals surface area contributed by atoms with Gasteiger partial charge in [-0.15, -0.1) is 0 Å². The Balaban J connectivity index is 2.18. The van der Waals surface area contributed by atoms with Crippen molar-refractivity contribution in [2.24, 2.45) is 0 Å². The maximum absolute atomic E-state index is 9.19. The molecular formula is C16H14N4. The van der Waals surface area contributed by atoms with Gasteiger partial charge in [0.2, 0.25) is 0 Å². The molecular weight excluding hydrogens is 248 g/mol. The first-order valence-corrected chi connectivity index (χ1v) is 6.25. The first-order chi connectivity index (χ1) is 9.63. The van der Waals surface area contributed by atoms with Crippen LogP contribution in [-0.4, -0.2) is 4.98 Å². The Bertz CT molecular complexity index is 703. The lowest BCUT2D eigenvalue weighted by Gasteiger charge is -2.10. The minimum absolute atomic E-state index is 0.566. The van der Waals surface area contributed by atoms with Crippen molar-refractivity contribution in [3.8, 4) is 12.1 Å². The summed E-state index contributed by atoms with van der Waals surface area (Å²) in [6.45, 7) is 4.37. The molecule has 0 aliphatic carbocycles. The lowest BCUT2D eigenvalue weighted by Crippen LogP contribution is -2.05. The summed E-state index contributed by atoms with van der Waals surface area (Å²) in [6, 6.07) is 13.5. The van der Waals surface area contributed by atoms with Crippen molar-refractivity contribution >= 4 is 5.82 Å². The fourth-order valence-electron chi connectivity index (χ4n) is 1.99. The summed E-state index contributed by atoms with van der Waals surface area (Å²) in [5.74, 6) is 0.606. The number of anilines is 1. The second kappa shape index (κ2) is 5.86. The van der Waals surface area contributed by atoms with Crippen LogP contribution in [0.4, 0.5) is 5.82 Å². The van der Waals surface area contributed by atoms with Crippen molar-refractivity contribution in [3.05, 3.63) is 58.3 Å². The van der Waals surface area contributed by atoms with Gasteiger partial charge in [0.15, 0.2) is 0 Å². The SMILES string of the molecule is Cc1cc(C)c(C#N)c(NCc2ccc(C#N)cc2)n1. The molecule has 2 rings (SSSR count). The topological polar surface area (TPSA) is 72.5 Å². The number of hydrogen-bond donors (Lipinski definition) is 1. The molecule has 20 heavy (non-hydrogen) atoms. The zero-order chi connectivity index (χ0) is 14.5. The van der Waals surface area contributed by atoms with Crippen LogP contribution in [0.2, 0.25) is 0 Å². The average Bonchev–Trinajstić information content (AvgIpc) is 2.45. The predicted molar refractivity (Wildman–Crippen MR) is 76.9 cm³/mol. The number of hydrogen-bond acceptors (Lipinski definition) is 4. The fourth-order valence-corrected chi connectivity index (χ4v) is 1.99. The van der Waals surface area contributed by atoms with Crippen LogP contribution in [-0.2, 0) is 6.54 Å². The van der Waals surface area contributed by atoms with Gasteiger partial charge < -0.3 is 5.32 Å². The summed E-state index contributed by atoms with van der Waals surface area (Å²) in [7, 11) is 0. The van der Waals surface area contributed by atoms with Crippen LogP contribution in [0.1, 0.15) is 27.9 Å². The Labute approximate surface area is 118 Å². The molecule has 1 aromatic carbocycles. The van der Waals surface area contributed by atoms with E-state index in [1.807, 2.05) is 32.0 Å². The summed E-state index contributed by atoms with van der Waals surface area (Å²) < 4.78 is 0. The molecule has 0 amide bonds. The van der Waals surface area contributed by atoms with Gasteiger partial charge in [-0.25, -0.2) is 4.98 Å². The normalized spacial score (nSPS) is 9.60. The van der Waals surface area contributed by atoms with E-state index in [1.54, 1.807) is 12.1 Å². The largest absolute Gasteiger partial charge is 0.365 e. The molecule has 1 aromatic heterocycles. The molecule has 2 aromatic rings. The van der Waals surface area contributed by atoms with E-state index in [4.69, 9.17) is 5.26 Å². The maximum Gasteiger partial charge on any atom is 0.144 e. The van der Waals surface area contributed by atoms with E-state index in [0.29, 0.717) is 23.5 Å². The van der Waals surface area contributed by atoms with Gasteiger partial charge in [-0.2, -0.15) is 10.5 Å². The van der Waals surface area contributed by atoms with Crippen molar-refractivity contribution in [1.82, 2.24) is 4.98 Å². The second-order valence-corrected chi connectivity index (χ2v) is 4.58. The van der Waals surface area contributed by atoms with Crippen molar-refractivity contribution in [3.63, 3.8) is 0 Å². The highest BCUT2D eigenvalue weighted by Crippen LogP contribution is 2.18. The van der Waals surface area contributed by atoms with Crippen LogP contribution < -0.4 is 5.32 Å². The zero-order valence-electron chi connectivity index (χ0n) is 11.4. The Morgan fingerprint density at radius 3 is 2.40 bits per heavy atom. The number of nitrogens with one attached hydrogen (secondary N) is 1. The lowest BCUT2D eigenvalue weighted by molar-refractivity contribution is 1.07. The molecule has 0 aliphatic heterocycles. The Morgan fingerprint density at radius 2 is 1.80 bits per heavy atom. The summed E-state index contributed by atoms with van der Waals surface area (Å²) in [6.07, 6.45) is 0. The number of rotatable bonds is 3. The van der Waals surface area contributed by atoms with Gasteiger partial charge in [-0.05, 0) is 43.2 Å². The molecule has 4 heteroatoms. The smallest absolute Gasteiger partial charge is 0.144 e. The minimum atomic E-state index is 0.566. The summed E-state index contributed by atoms with van der Waals surface area (Å²) in [5.41, 5.74) is 4.04. The van der Waals surface area contributed by atoms with Crippen molar-refractivity contribution < 1.29 is 0 Å². The van der Waals surface area contributed by atoms with Crippen molar-refractivity contribution in [2.45, 2.75) is 20.4 Å². The van der Waals surface area contributed by atoms with E-state index in [2.05, 4.69) is 22.4 Å². The molecule has 0 atom stereocenters. The number of benzene rings is 1. The molecule has 98 valence electrons. The summed E-state index contributed by atoms with van der Waals surface area (Å²) >= 11 is 0. The molecule has 0 bridgehead atoms. The molecule has 0 fully saturated rings. The van der Waals surface area contributed by atoms with Gasteiger partial charge in [0.05, 0.1) is 17.2 Å². The van der Waals surface area contributed by atoms with Gasteiger partial charge in [-0.1, -0.05) is 12.1 Å². The van der Waals surface area contributed by atoms with Gasteiger partial charge in [-0.3, -0.25) is 0 Å². The Kier molecular flexibility index (Phi) is 3.98. The molecule has 0 aliphatic rings. The molecule has 1 heterocycles. The number of aromatic nitrogens is 1. The molecule has 0 spiro atoms. The van der Waals surface area contributed by atoms with E-state index in [0.717, 1.165) is 16.8 Å². The Morgan fingerprint density at radius 1 is 1.10 bits per heavy atom. The molecule has 0 unspecified atom stereocenters. The van der Waals surface area contributed by atoms with E-state index in [1.165, 1.54) is 0 Å². The van der Waals surface area contributed by atoms with Gasteiger partial charge in [0.1, 0.15) is 11.9 Å². The van der Waals surface area contributed by atoms with Gasteiger partial charge in [0.25, 0.3) is 0 Å². The highest BCUT2D eigenvalue weighted by Gasteiger charge is 2.08. The summed E-state index contributed by atoms with van der Waals surface area (Å²) in [5, 5.41) is 21.1. The number of nitriles is 2. The van der Waals surface area contributed by atoms with Crippen LogP contribution >= 0.6 is 0 Å². The van der Waals surface area contributed by atoms with E-state index < -0.39 is 0 Å². The van der Waals surface area contributed by atoms with Crippen LogP contribution in [0, 0.1) is 36.5 Å². The predicted octanol–water partition coefficient (Wildman–Crippen LogP) is 3.05. The second-order valence-electron chi connectivity index (χ2n) is 4.58. The van der Waals surface area contributed by atoms with Crippen molar-refractivity contribution in [1.29, 1.82) is 10.5 Å². The first-order valence-electron chi connectivity index (χ1n) is 6.25. The molecule has 1 N–H and O–H groups in total. The first kappa shape index (κ1) is 13.6. The van der Waals surface area contributed by atoms with Crippen LogP contribution in [0.5, 0.6) is 0 Å². The fraction of sp³-hybridized carbons (Fsp3) is 0.188.